The van der Waals surface area contributed by atoms with Crippen LogP contribution in [0.25, 0.3) is 28.1 Å². The molecule has 4 rings (SSSR count). The molecular formula is C27H24FN3O3. The van der Waals surface area contributed by atoms with Crippen LogP contribution in [0.15, 0.2) is 60.8 Å². The van der Waals surface area contributed by atoms with Crippen molar-refractivity contribution in [3.05, 3.63) is 94.6 Å². The lowest BCUT2D eigenvalue weighted by Crippen LogP contribution is -1.99. The standard InChI is InChI=1S/C27H24FN3O3/c1-4-20(22-15-29-24(34-3)13-16(22)2)26(18-8-5-17(6-9-18)7-12-25(32)33)19-10-11-23-21(14-19)27(28)31-30-23/h5-15H,4H2,1-3H3,(H,30,31)(H,32,33). The maximum absolute atomic E-state index is 14.3. The minimum atomic E-state index is -1.00. The highest BCUT2D eigenvalue weighted by Gasteiger charge is 2.17. The summed E-state index contributed by atoms with van der Waals surface area (Å²) in [5.41, 5.74) is 7.12. The Labute approximate surface area is 196 Å². The first-order chi connectivity index (χ1) is 16.4. The number of carbonyl (C=O) groups is 1. The van der Waals surface area contributed by atoms with Crippen molar-refractivity contribution in [2.24, 2.45) is 0 Å². The number of benzene rings is 2. The molecule has 2 aromatic heterocycles. The third-order valence-electron chi connectivity index (χ3n) is 5.70. The predicted molar refractivity (Wildman–Crippen MR) is 131 cm³/mol. The Morgan fingerprint density at radius 2 is 1.88 bits per heavy atom. The second-order valence-electron chi connectivity index (χ2n) is 7.82. The van der Waals surface area contributed by atoms with E-state index >= 15 is 0 Å². The number of fused-ring (bicyclic) bond motifs is 1. The molecule has 172 valence electrons. The summed E-state index contributed by atoms with van der Waals surface area (Å²) in [5.74, 6) is -1.02. The van der Waals surface area contributed by atoms with Gasteiger partial charge in [0.15, 0.2) is 0 Å². The summed E-state index contributed by atoms with van der Waals surface area (Å²) >= 11 is 0. The summed E-state index contributed by atoms with van der Waals surface area (Å²) in [7, 11) is 1.58. The number of nitrogens with one attached hydrogen (secondary N) is 1. The Kier molecular flexibility index (Phi) is 6.54. The van der Waals surface area contributed by atoms with Crippen LogP contribution in [0, 0.1) is 12.9 Å². The largest absolute Gasteiger partial charge is 0.481 e. The first kappa shape index (κ1) is 22.9. The van der Waals surface area contributed by atoms with E-state index in [1.54, 1.807) is 25.4 Å². The normalized spacial score (nSPS) is 12.2. The molecule has 2 N–H and O–H groups in total. The van der Waals surface area contributed by atoms with Gasteiger partial charge in [0.25, 0.3) is 0 Å². The first-order valence-corrected chi connectivity index (χ1v) is 10.8. The number of H-pyrrole nitrogens is 1. The Hall–Kier alpha value is -4.26. The van der Waals surface area contributed by atoms with Gasteiger partial charge < -0.3 is 9.84 Å². The second-order valence-corrected chi connectivity index (χ2v) is 7.82. The smallest absolute Gasteiger partial charge is 0.328 e. The minimum Gasteiger partial charge on any atom is -0.481 e. The average Bonchev–Trinajstić information content (AvgIpc) is 3.22. The van der Waals surface area contributed by atoms with Crippen LogP contribution < -0.4 is 4.74 Å². The highest BCUT2D eigenvalue weighted by molar-refractivity contribution is 6.01. The molecule has 0 aliphatic rings. The molecule has 0 amide bonds. The van der Waals surface area contributed by atoms with Crippen molar-refractivity contribution in [1.29, 1.82) is 0 Å². The number of aromatic nitrogens is 3. The summed E-state index contributed by atoms with van der Waals surface area (Å²) in [4.78, 5) is 15.3. The van der Waals surface area contributed by atoms with Gasteiger partial charge in [0.2, 0.25) is 11.8 Å². The van der Waals surface area contributed by atoms with Gasteiger partial charge in [0.05, 0.1) is 18.0 Å². The monoisotopic (exact) mass is 457 g/mol. The van der Waals surface area contributed by atoms with Crippen LogP contribution in [0.5, 0.6) is 5.88 Å². The predicted octanol–water partition coefficient (Wildman–Crippen LogP) is 5.88. The number of aromatic amines is 1. The number of allylic oxidation sites excluding steroid dienone is 1. The van der Waals surface area contributed by atoms with Gasteiger partial charge in [-0.2, -0.15) is 4.39 Å². The van der Waals surface area contributed by atoms with Crippen LogP contribution in [0.4, 0.5) is 4.39 Å². The van der Waals surface area contributed by atoms with Crippen LogP contribution in [0.3, 0.4) is 0 Å². The fraction of sp³-hybridized carbons (Fsp3) is 0.148. The summed E-state index contributed by atoms with van der Waals surface area (Å²) in [6.07, 6.45) is 5.15. The number of hydrogen-bond donors (Lipinski definition) is 2. The first-order valence-electron chi connectivity index (χ1n) is 10.8. The number of aliphatic carboxylic acids is 1. The Morgan fingerprint density at radius 3 is 2.53 bits per heavy atom. The summed E-state index contributed by atoms with van der Waals surface area (Å²) in [6, 6.07) is 15.0. The molecule has 0 spiro atoms. The van der Waals surface area contributed by atoms with E-state index in [2.05, 4.69) is 22.1 Å². The molecule has 4 aromatic rings. The quantitative estimate of drug-likeness (QED) is 0.338. The molecule has 2 aromatic carbocycles. The Balaban J connectivity index is 1.95. The van der Waals surface area contributed by atoms with E-state index in [1.165, 1.54) is 0 Å². The third kappa shape index (κ3) is 4.59. The van der Waals surface area contributed by atoms with Gasteiger partial charge in [0, 0.05) is 18.3 Å². The third-order valence-corrected chi connectivity index (χ3v) is 5.70. The number of ether oxygens (including phenoxy) is 1. The molecule has 7 heteroatoms. The molecule has 2 heterocycles. The molecule has 0 saturated heterocycles. The Bertz CT molecular complexity index is 1420. The fourth-order valence-electron chi connectivity index (χ4n) is 4.04. The van der Waals surface area contributed by atoms with Crippen LogP contribution in [-0.2, 0) is 4.79 Å². The van der Waals surface area contributed by atoms with E-state index < -0.39 is 11.9 Å². The van der Waals surface area contributed by atoms with Crippen molar-refractivity contribution in [2.45, 2.75) is 20.3 Å². The van der Waals surface area contributed by atoms with Gasteiger partial charge in [-0.15, -0.1) is 5.10 Å². The lowest BCUT2D eigenvalue weighted by atomic mass is 9.86. The molecule has 34 heavy (non-hydrogen) atoms. The van der Waals surface area contributed by atoms with E-state index in [0.29, 0.717) is 23.2 Å². The molecule has 0 unspecified atom stereocenters. The van der Waals surface area contributed by atoms with Crippen LogP contribution in [0.1, 0.15) is 41.2 Å². The summed E-state index contributed by atoms with van der Waals surface area (Å²) < 4.78 is 19.6. The number of methoxy groups -OCH3 is 1. The van der Waals surface area contributed by atoms with Crippen molar-refractivity contribution >= 4 is 34.1 Å². The zero-order valence-electron chi connectivity index (χ0n) is 19.1. The molecule has 0 aliphatic heterocycles. The number of carboxylic acids is 1. The fourth-order valence-corrected chi connectivity index (χ4v) is 4.04. The number of pyridine rings is 1. The molecule has 0 fully saturated rings. The molecule has 0 aliphatic carbocycles. The van der Waals surface area contributed by atoms with Crippen molar-refractivity contribution < 1.29 is 19.0 Å². The van der Waals surface area contributed by atoms with Crippen molar-refractivity contribution in [2.75, 3.05) is 7.11 Å². The zero-order valence-corrected chi connectivity index (χ0v) is 19.1. The van der Waals surface area contributed by atoms with E-state index in [1.807, 2.05) is 49.4 Å². The van der Waals surface area contributed by atoms with E-state index in [-0.39, 0.29) is 0 Å². The van der Waals surface area contributed by atoms with Crippen molar-refractivity contribution in [3.8, 4) is 5.88 Å². The van der Waals surface area contributed by atoms with E-state index in [9.17, 15) is 9.18 Å². The zero-order chi connectivity index (χ0) is 24.2. The molecule has 0 bridgehead atoms. The maximum Gasteiger partial charge on any atom is 0.328 e. The van der Waals surface area contributed by atoms with Gasteiger partial charge in [0.1, 0.15) is 0 Å². The van der Waals surface area contributed by atoms with Crippen LogP contribution >= 0.6 is 0 Å². The second kappa shape index (κ2) is 9.70. The molecule has 6 nitrogen and oxygen atoms in total. The Morgan fingerprint density at radius 1 is 1.15 bits per heavy atom. The lowest BCUT2D eigenvalue weighted by Gasteiger charge is -2.18. The average molecular weight is 458 g/mol. The van der Waals surface area contributed by atoms with Crippen molar-refractivity contribution in [1.82, 2.24) is 15.2 Å². The highest BCUT2D eigenvalue weighted by Crippen LogP contribution is 2.37. The minimum absolute atomic E-state index is 0.413. The number of carboxylic acid groups (broad SMARTS) is 1. The van der Waals surface area contributed by atoms with Gasteiger partial charge in [-0.25, -0.2) is 9.78 Å². The van der Waals surface area contributed by atoms with Gasteiger partial charge >= 0.3 is 5.97 Å². The van der Waals surface area contributed by atoms with Crippen molar-refractivity contribution in [3.63, 3.8) is 0 Å². The van der Waals surface area contributed by atoms with E-state index in [0.717, 1.165) is 45.0 Å². The molecule has 0 radical (unpaired) electrons. The topological polar surface area (TPSA) is 88.1 Å². The molecule has 0 saturated carbocycles. The summed E-state index contributed by atoms with van der Waals surface area (Å²) in [6.45, 7) is 4.07. The number of hydrogen-bond acceptors (Lipinski definition) is 4. The lowest BCUT2D eigenvalue weighted by molar-refractivity contribution is -0.131. The highest BCUT2D eigenvalue weighted by atomic mass is 19.1. The SMILES string of the molecule is CCC(=C(c1ccc(C=CC(=O)O)cc1)c1ccc2[nH]nc(F)c2c1)c1cnc(OC)cc1C. The van der Waals surface area contributed by atoms with Crippen LogP contribution in [0.2, 0.25) is 0 Å². The van der Waals surface area contributed by atoms with Gasteiger partial charge in [-0.3, -0.25) is 5.10 Å². The van der Waals surface area contributed by atoms with Gasteiger partial charge in [-0.05, 0) is 70.5 Å². The number of nitrogens with zero attached hydrogens (tertiary/aromatic N) is 2. The summed E-state index contributed by atoms with van der Waals surface area (Å²) in [5, 5.41) is 15.7. The van der Waals surface area contributed by atoms with Gasteiger partial charge in [-0.1, -0.05) is 37.3 Å². The van der Waals surface area contributed by atoms with Crippen LogP contribution in [-0.4, -0.2) is 33.4 Å². The van der Waals surface area contributed by atoms with E-state index in [4.69, 9.17) is 9.84 Å². The number of halogens is 1. The number of aryl methyl sites for hydroxylation is 1. The molecule has 0 atom stereocenters. The maximum atomic E-state index is 14.3. The number of rotatable bonds is 7. The molecular weight excluding hydrogens is 433 g/mol.